The summed E-state index contributed by atoms with van der Waals surface area (Å²) in [7, 11) is 1.29. The summed E-state index contributed by atoms with van der Waals surface area (Å²) in [5, 5.41) is 11.4. The molecule has 1 saturated heterocycles. The molecule has 1 fully saturated rings. The fourth-order valence-electron chi connectivity index (χ4n) is 4.56. The quantitative estimate of drug-likeness (QED) is 0.187. The Balaban J connectivity index is 1.86. The fraction of sp³-hybridized carbons (Fsp3) is 0.258. The predicted molar refractivity (Wildman–Crippen MR) is 145 cm³/mol. The summed E-state index contributed by atoms with van der Waals surface area (Å²) in [4.78, 5) is 40.1. The molecule has 3 aromatic rings. The molecule has 0 bridgehead atoms. The van der Waals surface area contributed by atoms with Gasteiger partial charge in [0.15, 0.2) is 0 Å². The Labute approximate surface area is 222 Å². The number of carbonyl (C=O) groups is 3. The Morgan fingerprint density at radius 3 is 2.16 bits per heavy atom. The molecule has 0 aliphatic carbocycles. The van der Waals surface area contributed by atoms with Crippen molar-refractivity contribution in [3.05, 3.63) is 100 Å². The Kier molecular flexibility index (Phi) is 7.67. The van der Waals surface area contributed by atoms with Crippen LogP contribution in [0, 0.1) is 6.92 Å². The van der Waals surface area contributed by atoms with Gasteiger partial charge in [0.2, 0.25) is 0 Å². The van der Waals surface area contributed by atoms with Crippen molar-refractivity contribution in [2.45, 2.75) is 46.3 Å². The third kappa shape index (κ3) is 5.05. The average molecular weight is 514 g/mol. The molecule has 1 amide bonds. The minimum atomic E-state index is -0.864. The maximum atomic E-state index is 13.4. The summed E-state index contributed by atoms with van der Waals surface area (Å²) >= 11 is 0. The number of nitrogens with zero attached hydrogens (tertiary/aromatic N) is 1. The van der Waals surface area contributed by atoms with Crippen molar-refractivity contribution < 1.29 is 29.0 Å². The smallest absolute Gasteiger partial charge is 0.337 e. The van der Waals surface area contributed by atoms with E-state index in [4.69, 9.17) is 9.47 Å². The number of ether oxygens (including phenoxy) is 2. The molecule has 7 heteroatoms. The zero-order chi connectivity index (χ0) is 27.6. The number of ketones is 1. The van der Waals surface area contributed by atoms with E-state index in [2.05, 4.69) is 0 Å². The van der Waals surface area contributed by atoms with Gasteiger partial charge >= 0.3 is 5.97 Å². The molecule has 196 valence electrons. The van der Waals surface area contributed by atoms with Gasteiger partial charge in [0, 0.05) is 11.3 Å². The molecule has 0 saturated carbocycles. The topological polar surface area (TPSA) is 93.1 Å². The van der Waals surface area contributed by atoms with Crippen molar-refractivity contribution >= 4 is 29.1 Å². The molecule has 1 aliphatic rings. The number of hydrogen-bond acceptors (Lipinski definition) is 6. The average Bonchev–Trinajstić information content (AvgIpc) is 3.18. The van der Waals surface area contributed by atoms with Gasteiger partial charge in [0.05, 0.1) is 30.4 Å². The van der Waals surface area contributed by atoms with E-state index >= 15 is 0 Å². The maximum absolute atomic E-state index is 13.4. The van der Waals surface area contributed by atoms with Crippen LogP contribution >= 0.6 is 0 Å². The van der Waals surface area contributed by atoms with Crippen molar-refractivity contribution in [2.24, 2.45) is 0 Å². The van der Waals surface area contributed by atoms with Crippen LogP contribution in [-0.4, -0.2) is 36.0 Å². The number of esters is 1. The summed E-state index contributed by atoms with van der Waals surface area (Å²) in [6.45, 7) is 7.75. The lowest BCUT2D eigenvalue weighted by Gasteiger charge is -2.26. The SMILES string of the molecule is CCc1ccc(C2/C(=C(/O)c3ccc(OC(C)C)c(C)c3)C(=O)C(=O)N2c2ccc(C(=O)OC)cc2)cc1. The van der Waals surface area contributed by atoms with Crippen LogP contribution < -0.4 is 9.64 Å². The molecule has 1 atom stereocenters. The number of benzene rings is 3. The molecular formula is C31H31NO6. The maximum Gasteiger partial charge on any atom is 0.337 e. The number of carbonyl (C=O) groups excluding carboxylic acids is 3. The summed E-state index contributed by atoms with van der Waals surface area (Å²) in [5.74, 6) is -1.65. The van der Waals surface area contributed by atoms with Gasteiger partial charge in [0.25, 0.3) is 11.7 Å². The second kappa shape index (κ2) is 10.9. The van der Waals surface area contributed by atoms with Crippen LogP contribution in [0.3, 0.4) is 0 Å². The van der Waals surface area contributed by atoms with Crippen molar-refractivity contribution in [1.29, 1.82) is 0 Å². The molecule has 0 aromatic heterocycles. The van der Waals surface area contributed by atoms with Crippen LogP contribution in [0.2, 0.25) is 0 Å². The lowest BCUT2D eigenvalue weighted by molar-refractivity contribution is -0.132. The second-order valence-corrected chi connectivity index (χ2v) is 9.45. The highest BCUT2D eigenvalue weighted by Crippen LogP contribution is 2.42. The standard InChI is InChI=1S/C31H31NO6/c1-6-20-7-9-21(10-8-20)27-26(28(33)23-13-16-25(19(4)17-23)38-18(2)3)29(34)30(35)32(27)24-14-11-22(12-15-24)31(36)37-5/h7-18,27,33H,6H2,1-5H3/b28-26-. The normalized spacial score (nSPS) is 16.7. The first kappa shape index (κ1) is 26.7. The summed E-state index contributed by atoms with van der Waals surface area (Å²) < 4.78 is 10.6. The zero-order valence-corrected chi connectivity index (χ0v) is 22.1. The van der Waals surface area contributed by atoms with E-state index in [1.54, 1.807) is 30.3 Å². The molecule has 0 radical (unpaired) electrons. The molecule has 1 aliphatic heterocycles. The van der Waals surface area contributed by atoms with E-state index in [1.165, 1.54) is 24.1 Å². The molecule has 7 nitrogen and oxygen atoms in total. The number of aliphatic hydroxyl groups excluding tert-OH is 1. The van der Waals surface area contributed by atoms with Gasteiger partial charge in [-0.05, 0) is 86.3 Å². The van der Waals surface area contributed by atoms with E-state index in [0.717, 1.165) is 17.5 Å². The highest BCUT2D eigenvalue weighted by molar-refractivity contribution is 6.51. The summed E-state index contributed by atoms with van der Waals surface area (Å²) in [6.07, 6.45) is 0.814. The number of hydrogen-bond donors (Lipinski definition) is 1. The minimum Gasteiger partial charge on any atom is -0.507 e. The van der Waals surface area contributed by atoms with E-state index < -0.39 is 23.7 Å². The van der Waals surface area contributed by atoms with Crippen LogP contribution in [0.25, 0.3) is 5.76 Å². The number of methoxy groups -OCH3 is 1. The van der Waals surface area contributed by atoms with Crippen LogP contribution in [0.15, 0.2) is 72.3 Å². The number of anilines is 1. The van der Waals surface area contributed by atoms with Crippen molar-refractivity contribution in [2.75, 3.05) is 12.0 Å². The Bertz CT molecular complexity index is 1400. The Morgan fingerprint density at radius 1 is 0.974 bits per heavy atom. The third-order valence-corrected chi connectivity index (χ3v) is 6.53. The van der Waals surface area contributed by atoms with E-state index in [-0.39, 0.29) is 17.4 Å². The Hall–Kier alpha value is -4.39. The van der Waals surface area contributed by atoms with Crippen LogP contribution in [0.1, 0.15) is 59.4 Å². The zero-order valence-electron chi connectivity index (χ0n) is 22.1. The second-order valence-electron chi connectivity index (χ2n) is 9.45. The van der Waals surface area contributed by atoms with Gasteiger partial charge in [-0.15, -0.1) is 0 Å². The first-order valence-electron chi connectivity index (χ1n) is 12.5. The molecule has 1 unspecified atom stereocenters. The number of aliphatic hydroxyl groups is 1. The molecule has 4 rings (SSSR count). The monoisotopic (exact) mass is 513 g/mol. The van der Waals surface area contributed by atoms with Gasteiger partial charge in [-0.2, -0.15) is 0 Å². The number of aryl methyl sites for hydroxylation is 2. The van der Waals surface area contributed by atoms with E-state index in [9.17, 15) is 19.5 Å². The highest BCUT2D eigenvalue weighted by atomic mass is 16.5. The van der Waals surface area contributed by atoms with Gasteiger partial charge in [-0.3, -0.25) is 14.5 Å². The Morgan fingerprint density at radius 2 is 1.61 bits per heavy atom. The summed E-state index contributed by atoms with van der Waals surface area (Å²) in [6, 6.07) is 18.2. The predicted octanol–water partition coefficient (Wildman–Crippen LogP) is 5.76. The van der Waals surface area contributed by atoms with Crippen molar-refractivity contribution in [3.63, 3.8) is 0 Å². The van der Waals surface area contributed by atoms with Crippen molar-refractivity contribution in [1.82, 2.24) is 0 Å². The molecule has 1 N–H and O–H groups in total. The third-order valence-electron chi connectivity index (χ3n) is 6.53. The molecule has 3 aromatic carbocycles. The van der Waals surface area contributed by atoms with Gasteiger partial charge < -0.3 is 14.6 Å². The number of amides is 1. The molecule has 0 spiro atoms. The van der Waals surface area contributed by atoms with Gasteiger partial charge in [-0.25, -0.2) is 4.79 Å². The van der Waals surface area contributed by atoms with Crippen molar-refractivity contribution in [3.8, 4) is 5.75 Å². The lowest BCUT2D eigenvalue weighted by atomic mass is 9.93. The first-order chi connectivity index (χ1) is 18.2. The fourth-order valence-corrected chi connectivity index (χ4v) is 4.56. The molecule has 38 heavy (non-hydrogen) atoms. The van der Waals surface area contributed by atoms with Crippen LogP contribution in [-0.2, 0) is 20.7 Å². The van der Waals surface area contributed by atoms with E-state index in [1.807, 2.05) is 52.0 Å². The van der Waals surface area contributed by atoms with Crippen LogP contribution in [0.5, 0.6) is 5.75 Å². The first-order valence-corrected chi connectivity index (χ1v) is 12.5. The van der Waals surface area contributed by atoms with Gasteiger partial charge in [-0.1, -0.05) is 31.2 Å². The molecule has 1 heterocycles. The lowest BCUT2D eigenvalue weighted by Crippen LogP contribution is -2.29. The van der Waals surface area contributed by atoms with Gasteiger partial charge in [0.1, 0.15) is 11.5 Å². The van der Waals surface area contributed by atoms with Crippen LogP contribution in [0.4, 0.5) is 5.69 Å². The molecular weight excluding hydrogens is 482 g/mol. The minimum absolute atomic E-state index is 0.00628. The highest BCUT2D eigenvalue weighted by Gasteiger charge is 2.47. The number of Topliss-reactive ketones (excluding diaryl/α,β-unsaturated/α-hetero) is 1. The van der Waals surface area contributed by atoms with E-state index in [0.29, 0.717) is 28.1 Å². The largest absolute Gasteiger partial charge is 0.507 e. The summed E-state index contributed by atoms with van der Waals surface area (Å²) in [5.41, 5.74) is 3.71. The number of rotatable bonds is 7.